The summed E-state index contributed by atoms with van der Waals surface area (Å²) >= 11 is 16.3. The van der Waals surface area contributed by atoms with E-state index in [4.69, 9.17) is 23.2 Å². The van der Waals surface area contributed by atoms with Gasteiger partial charge in [0, 0.05) is 39.1 Å². The Hall–Kier alpha value is -2.59. The molecule has 3 rings (SSSR count). The van der Waals surface area contributed by atoms with E-state index in [1.807, 2.05) is 44.2 Å². The van der Waals surface area contributed by atoms with E-state index in [1.54, 1.807) is 42.5 Å². The van der Waals surface area contributed by atoms with E-state index in [0.717, 1.165) is 16.1 Å². The summed E-state index contributed by atoms with van der Waals surface area (Å²) in [6.45, 7) is 3.21. The van der Waals surface area contributed by atoms with Crippen molar-refractivity contribution in [1.29, 1.82) is 0 Å². The van der Waals surface area contributed by atoms with Crippen molar-refractivity contribution in [3.8, 4) is 0 Å². The van der Waals surface area contributed by atoms with Gasteiger partial charge in [-0.05, 0) is 49.2 Å². The lowest BCUT2D eigenvalue weighted by atomic mass is 10.0. The van der Waals surface area contributed by atoms with Crippen LogP contribution in [0.2, 0.25) is 10.0 Å². The number of hydrogen-bond donors (Lipinski definition) is 1. The molecule has 0 aromatic heterocycles. The number of carbonyl (C=O) groups excluding carboxylic acids is 2. The van der Waals surface area contributed by atoms with E-state index < -0.39 is 28.5 Å². The number of nitrogens with one attached hydrogen (secondary N) is 1. The average Bonchev–Trinajstić information content (AvgIpc) is 2.90. The van der Waals surface area contributed by atoms with Crippen LogP contribution in [0, 0.1) is 0 Å². The normalized spacial score (nSPS) is 12.8. The zero-order chi connectivity index (χ0) is 29.4. The van der Waals surface area contributed by atoms with Crippen LogP contribution in [0.5, 0.6) is 0 Å². The SMILES string of the molecule is CC[C@@H](C)NC(=O)[C@@H](Cc1ccccc1)N(Cc1c(Cl)cccc1Cl)C(=O)CN(c1cccc(Br)c1)S(C)(=O)=O. The zero-order valence-corrected chi connectivity index (χ0v) is 26.4. The van der Waals surface area contributed by atoms with Crippen LogP contribution < -0.4 is 9.62 Å². The Morgan fingerprint density at radius 2 is 1.60 bits per heavy atom. The first-order chi connectivity index (χ1) is 18.9. The Bertz CT molecular complexity index is 1420. The van der Waals surface area contributed by atoms with Gasteiger partial charge < -0.3 is 10.2 Å². The maximum absolute atomic E-state index is 14.1. The van der Waals surface area contributed by atoms with Gasteiger partial charge in [0.15, 0.2) is 0 Å². The van der Waals surface area contributed by atoms with Crippen molar-refractivity contribution in [2.24, 2.45) is 0 Å². The summed E-state index contributed by atoms with van der Waals surface area (Å²) in [5, 5.41) is 3.65. The smallest absolute Gasteiger partial charge is 0.244 e. The first-order valence-corrected chi connectivity index (χ1v) is 16.1. The lowest BCUT2D eigenvalue weighted by Gasteiger charge is -2.34. The average molecular weight is 669 g/mol. The van der Waals surface area contributed by atoms with Crippen LogP contribution in [0.4, 0.5) is 5.69 Å². The highest BCUT2D eigenvalue weighted by Gasteiger charge is 2.34. The summed E-state index contributed by atoms with van der Waals surface area (Å²) in [6.07, 6.45) is 1.93. The van der Waals surface area contributed by atoms with Crippen LogP contribution >= 0.6 is 39.1 Å². The van der Waals surface area contributed by atoms with Gasteiger partial charge in [-0.1, -0.05) is 88.5 Å². The lowest BCUT2D eigenvalue weighted by Crippen LogP contribution is -2.54. The van der Waals surface area contributed by atoms with Crippen LogP contribution in [0.15, 0.2) is 77.3 Å². The van der Waals surface area contributed by atoms with Gasteiger partial charge in [-0.2, -0.15) is 0 Å². The molecule has 0 saturated carbocycles. The third-order valence-corrected chi connectivity index (χ3v) is 8.78. The third-order valence-electron chi connectivity index (χ3n) is 6.44. The molecule has 7 nitrogen and oxygen atoms in total. The van der Waals surface area contributed by atoms with Crippen molar-refractivity contribution < 1.29 is 18.0 Å². The second-order valence-electron chi connectivity index (χ2n) is 9.49. The number of halogens is 3. The summed E-state index contributed by atoms with van der Waals surface area (Å²) in [4.78, 5) is 29.2. The molecule has 0 aliphatic carbocycles. The highest BCUT2D eigenvalue weighted by atomic mass is 79.9. The molecular formula is C29H32BrCl2N3O4S. The summed E-state index contributed by atoms with van der Waals surface area (Å²) in [5.41, 5.74) is 1.60. The second kappa shape index (κ2) is 14.3. The first kappa shape index (κ1) is 31.9. The van der Waals surface area contributed by atoms with Gasteiger partial charge in [0.2, 0.25) is 21.8 Å². The van der Waals surface area contributed by atoms with E-state index in [2.05, 4.69) is 21.2 Å². The number of carbonyl (C=O) groups is 2. The Morgan fingerprint density at radius 1 is 0.975 bits per heavy atom. The fourth-order valence-electron chi connectivity index (χ4n) is 4.09. The van der Waals surface area contributed by atoms with Crippen LogP contribution in [-0.4, -0.2) is 50.0 Å². The fourth-order valence-corrected chi connectivity index (χ4v) is 5.84. The molecule has 1 N–H and O–H groups in total. The Labute approximate surface area is 254 Å². The quantitative estimate of drug-likeness (QED) is 0.254. The molecule has 0 unspecified atom stereocenters. The third kappa shape index (κ3) is 8.70. The van der Waals surface area contributed by atoms with Crippen molar-refractivity contribution in [3.05, 3.63) is 98.4 Å². The van der Waals surface area contributed by atoms with Gasteiger partial charge in [0.05, 0.1) is 11.9 Å². The monoisotopic (exact) mass is 667 g/mol. The molecule has 3 aromatic rings. The molecule has 2 atom stereocenters. The predicted octanol–water partition coefficient (Wildman–Crippen LogP) is 6.08. The highest BCUT2D eigenvalue weighted by molar-refractivity contribution is 9.10. The van der Waals surface area contributed by atoms with Gasteiger partial charge in [-0.15, -0.1) is 0 Å². The topological polar surface area (TPSA) is 86.8 Å². The molecule has 3 aromatic carbocycles. The molecule has 214 valence electrons. The van der Waals surface area contributed by atoms with Crippen LogP contribution in [0.1, 0.15) is 31.4 Å². The van der Waals surface area contributed by atoms with Crippen molar-refractivity contribution in [1.82, 2.24) is 10.2 Å². The number of benzene rings is 3. The highest BCUT2D eigenvalue weighted by Crippen LogP contribution is 2.28. The number of hydrogen-bond acceptors (Lipinski definition) is 4. The predicted molar refractivity (Wildman–Crippen MR) is 165 cm³/mol. The van der Waals surface area contributed by atoms with Gasteiger partial charge in [-0.25, -0.2) is 8.42 Å². The number of sulfonamides is 1. The maximum Gasteiger partial charge on any atom is 0.244 e. The molecule has 2 amide bonds. The fraction of sp³-hybridized carbons (Fsp3) is 0.310. The summed E-state index contributed by atoms with van der Waals surface area (Å²) < 4.78 is 27.4. The summed E-state index contributed by atoms with van der Waals surface area (Å²) in [7, 11) is -3.87. The van der Waals surface area contributed by atoms with Gasteiger partial charge in [0.1, 0.15) is 12.6 Å². The number of nitrogens with zero attached hydrogens (tertiary/aromatic N) is 2. The molecule has 0 bridgehead atoms. The van der Waals surface area contributed by atoms with Crippen molar-refractivity contribution in [2.75, 3.05) is 17.1 Å². The molecule has 0 radical (unpaired) electrons. The largest absolute Gasteiger partial charge is 0.352 e. The molecule has 0 saturated heterocycles. The van der Waals surface area contributed by atoms with Gasteiger partial charge in [0.25, 0.3) is 0 Å². The minimum absolute atomic E-state index is 0.0984. The zero-order valence-electron chi connectivity index (χ0n) is 22.5. The van der Waals surface area contributed by atoms with E-state index >= 15 is 0 Å². The van der Waals surface area contributed by atoms with E-state index in [9.17, 15) is 18.0 Å². The summed E-state index contributed by atoms with van der Waals surface area (Å²) in [6, 6.07) is 19.9. The van der Waals surface area contributed by atoms with E-state index in [1.165, 1.54) is 4.90 Å². The van der Waals surface area contributed by atoms with Crippen LogP contribution in [0.25, 0.3) is 0 Å². The summed E-state index contributed by atoms with van der Waals surface area (Å²) in [5.74, 6) is -0.940. The number of amides is 2. The standard InChI is InChI=1S/C29H32BrCl2N3O4S/c1-4-20(2)33-29(37)27(16-21-10-6-5-7-11-21)34(18-24-25(31)14-9-15-26(24)32)28(36)19-35(40(3,38)39)23-13-8-12-22(30)17-23/h5-15,17,20,27H,4,16,18-19H2,1-3H3,(H,33,37)/t20-,27-/m1/s1. The molecule has 0 aliphatic rings. The van der Waals surface area contributed by atoms with E-state index in [-0.39, 0.29) is 24.9 Å². The van der Waals surface area contributed by atoms with Crippen LogP contribution in [-0.2, 0) is 32.6 Å². The minimum atomic E-state index is -3.87. The molecule has 40 heavy (non-hydrogen) atoms. The number of anilines is 1. The van der Waals surface area contributed by atoms with Crippen LogP contribution in [0.3, 0.4) is 0 Å². The molecule has 11 heteroatoms. The lowest BCUT2D eigenvalue weighted by molar-refractivity contribution is -0.140. The van der Waals surface area contributed by atoms with Crippen molar-refractivity contribution in [3.63, 3.8) is 0 Å². The van der Waals surface area contributed by atoms with Crippen molar-refractivity contribution >= 4 is 66.7 Å². The first-order valence-electron chi connectivity index (χ1n) is 12.7. The van der Waals surface area contributed by atoms with E-state index in [0.29, 0.717) is 32.2 Å². The molecule has 0 heterocycles. The van der Waals surface area contributed by atoms with Crippen molar-refractivity contribution in [2.45, 2.75) is 45.3 Å². The Morgan fingerprint density at radius 3 is 2.17 bits per heavy atom. The molecule has 0 aliphatic heterocycles. The van der Waals surface area contributed by atoms with Gasteiger partial charge >= 0.3 is 0 Å². The number of rotatable bonds is 12. The molecule has 0 fully saturated rings. The molecule has 0 spiro atoms. The Balaban J connectivity index is 2.11. The maximum atomic E-state index is 14.1. The molecular weight excluding hydrogens is 637 g/mol. The van der Waals surface area contributed by atoms with Gasteiger partial charge in [-0.3, -0.25) is 13.9 Å². The Kier molecular flexibility index (Phi) is 11.5. The minimum Gasteiger partial charge on any atom is -0.352 e. The second-order valence-corrected chi connectivity index (χ2v) is 13.1.